The fourth-order valence-electron chi connectivity index (χ4n) is 4.10. The third kappa shape index (κ3) is 2.99. The Kier molecular flexibility index (Phi) is 4.16. The molecule has 1 saturated heterocycles. The van der Waals surface area contributed by atoms with E-state index in [1.807, 2.05) is 30.3 Å². The zero-order valence-electron chi connectivity index (χ0n) is 16.3. The molecule has 2 aromatic carbocycles. The maximum absolute atomic E-state index is 10.6. The number of rotatable bonds is 4. The van der Waals surface area contributed by atoms with Gasteiger partial charge in [-0.05, 0) is 49.2 Å². The van der Waals surface area contributed by atoms with Crippen molar-refractivity contribution in [1.29, 1.82) is 5.41 Å². The molecule has 0 radical (unpaired) electrons. The number of nitrogens with one attached hydrogen (secondary N) is 2. The minimum atomic E-state index is 0.143. The van der Waals surface area contributed by atoms with Gasteiger partial charge in [0.1, 0.15) is 23.2 Å². The molecule has 0 aliphatic carbocycles. The van der Waals surface area contributed by atoms with Crippen molar-refractivity contribution < 1.29 is 9.84 Å². The number of imidazole rings is 1. The molecule has 0 atom stereocenters. The van der Waals surface area contributed by atoms with Crippen LogP contribution in [0, 0.1) is 5.41 Å². The molecule has 7 nitrogen and oxygen atoms in total. The highest BCUT2D eigenvalue weighted by Gasteiger charge is 2.31. The molecular formula is C22H23N5O2. The van der Waals surface area contributed by atoms with Crippen LogP contribution >= 0.6 is 0 Å². The molecule has 2 aliphatic rings. The van der Waals surface area contributed by atoms with E-state index in [0.717, 1.165) is 35.6 Å². The van der Waals surface area contributed by atoms with Crippen molar-refractivity contribution in [2.45, 2.75) is 12.8 Å². The quantitative estimate of drug-likeness (QED) is 0.629. The van der Waals surface area contributed by atoms with E-state index < -0.39 is 0 Å². The van der Waals surface area contributed by atoms with Gasteiger partial charge in [0.15, 0.2) is 0 Å². The average molecular weight is 389 g/mol. The minimum Gasteiger partial charge on any atom is -0.509 e. The first kappa shape index (κ1) is 17.6. The number of aliphatic hydroxyl groups is 1. The lowest BCUT2D eigenvalue weighted by molar-refractivity contribution is 0.411. The summed E-state index contributed by atoms with van der Waals surface area (Å²) in [5.41, 5.74) is 4.10. The molecule has 7 heteroatoms. The molecule has 1 aromatic heterocycles. The standard InChI is InChI=1S/C22H23N5O2/c1-29-16-8-9-17-18(12-16)25-22(24-17)20-19(28)13-27(21(20)23)15-6-4-14(5-7-15)26-10-2-3-11-26/h4-9,12,23,28H,2-3,10-11,13H2,1H3,(H,24,25). The van der Waals surface area contributed by atoms with E-state index in [9.17, 15) is 5.11 Å². The van der Waals surface area contributed by atoms with Crippen molar-refractivity contribution in [3.63, 3.8) is 0 Å². The first-order valence-electron chi connectivity index (χ1n) is 9.82. The Morgan fingerprint density at radius 2 is 1.79 bits per heavy atom. The molecule has 0 spiro atoms. The van der Waals surface area contributed by atoms with E-state index in [2.05, 4.69) is 27.0 Å². The number of methoxy groups -OCH3 is 1. The Balaban J connectivity index is 1.42. The van der Waals surface area contributed by atoms with Crippen LogP contribution in [-0.4, -0.2) is 47.7 Å². The van der Waals surface area contributed by atoms with Gasteiger partial charge in [-0.25, -0.2) is 4.98 Å². The van der Waals surface area contributed by atoms with Crippen molar-refractivity contribution >= 4 is 33.8 Å². The van der Waals surface area contributed by atoms with Gasteiger partial charge in [-0.15, -0.1) is 0 Å². The zero-order valence-corrected chi connectivity index (χ0v) is 16.3. The molecule has 0 unspecified atom stereocenters. The van der Waals surface area contributed by atoms with Crippen LogP contribution < -0.4 is 14.5 Å². The third-order valence-corrected chi connectivity index (χ3v) is 5.66. The molecule has 0 saturated carbocycles. The van der Waals surface area contributed by atoms with E-state index in [4.69, 9.17) is 10.1 Å². The van der Waals surface area contributed by atoms with Gasteiger partial charge in [-0.3, -0.25) is 5.41 Å². The highest BCUT2D eigenvalue weighted by atomic mass is 16.5. The number of fused-ring (bicyclic) bond motifs is 1. The SMILES string of the molecule is COc1ccc2nc(C3=C(O)CN(c4ccc(N5CCCC5)cc4)C3=N)[nH]c2c1. The number of ether oxygens (including phenoxy) is 1. The lowest BCUT2D eigenvalue weighted by atomic mass is 10.2. The number of aliphatic hydroxyl groups excluding tert-OH is 1. The maximum Gasteiger partial charge on any atom is 0.145 e. The molecule has 29 heavy (non-hydrogen) atoms. The van der Waals surface area contributed by atoms with Gasteiger partial charge in [-0.1, -0.05) is 0 Å². The predicted octanol–water partition coefficient (Wildman–Crippen LogP) is 3.94. The minimum absolute atomic E-state index is 0.143. The van der Waals surface area contributed by atoms with E-state index in [1.165, 1.54) is 18.5 Å². The summed E-state index contributed by atoms with van der Waals surface area (Å²) < 4.78 is 5.26. The molecule has 0 bridgehead atoms. The zero-order chi connectivity index (χ0) is 20.0. The van der Waals surface area contributed by atoms with Gasteiger partial charge in [-0.2, -0.15) is 0 Å². The van der Waals surface area contributed by atoms with Crippen molar-refractivity contribution in [2.75, 3.05) is 36.5 Å². The number of nitrogens with zero attached hydrogens (tertiary/aromatic N) is 3. The van der Waals surface area contributed by atoms with Crippen LogP contribution in [0.5, 0.6) is 5.75 Å². The first-order valence-corrected chi connectivity index (χ1v) is 9.82. The van der Waals surface area contributed by atoms with Crippen LogP contribution in [0.1, 0.15) is 18.7 Å². The van der Waals surface area contributed by atoms with Crippen LogP contribution in [-0.2, 0) is 0 Å². The molecule has 3 N–H and O–H groups in total. The smallest absolute Gasteiger partial charge is 0.145 e. The molecule has 1 fully saturated rings. The molecule has 148 valence electrons. The van der Waals surface area contributed by atoms with Crippen molar-refractivity contribution in [3.05, 3.63) is 54.0 Å². The molecule has 5 rings (SSSR count). The fourth-order valence-corrected chi connectivity index (χ4v) is 4.10. The van der Waals surface area contributed by atoms with E-state index in [0.29, 0.717) is 11.4 Å². The monoisotopic (exact) mass is 389 g/mol. The Labute approximate surface area is 168 Å². The van der Waals surface area contributed by atoms with Crippen molar-refractivity contribution in [1.82, 2.24) is 9.97 Å². The number of aromatic nitrogens is 2. The van der Waals surface area contributed by atoms with Crippen LogP contribution in [0.25, 0.3) is 16.6 Å². The van der Waals surface area contributed by atoms with Crippen LogP contribution in [0.3, 0.4) is 0 Å². The lowest BCUT2D eigenvalue weighted by Gasteiger charge is -2.21. The number of H-pyrrole nitrogens is 1. The number of benzene rings is 2. The van der Waals surface area contributed by atoms with Crippen LogP contribution in [0.4, 0.5) is 11.4 Å². The lowest BCUT2D eigenvalue weighted by Crippen LogP contribution is -2.26. The molecule has 3 aromatic rings. The molecular weight excluding hydrogens is 366 g/mol. The number of hydrogen-bond donors (Lipinski definition) is 3. The molecule has 3 heterocycles. The third-order valence-electron chi connectivity index (χ3n) is 5.66. The highest BCUT2D eigenvalue weighted by Crippen LogP contribution is 2.32. The summed E-state index contributed by atoms with van der Waals surface area (Å²) >= 11 is 0. The summed E-state index contributed by atoms with van der Waals surface area (Å²) in [4.78, 5) is 11.9. The van der Waals surface area contributed by atoms with Gasteiger partial charge in [0, 0.05) is 30.5 Å². The van der Waals surface area contributed by atoms with Gasteiger partial charge in [0.25, 0.3) is 0 Å². The molecule has 2 aliphatic heterocycles. The normalized spacial score (nSPS) is 17.1. The topological polar surface area (TPSA) is 88.5 Å². The highest BCUT2D eigenvalue weighted by molar-refractivity contribution is 6.30. The Bertz CT molecular complexity index is 1110. The van der Waals surface area contributed by atoms with Crippen LogP contribution in [0.15, 0.2) is 48.2 Å². The number of hydrogen-bond acceptors (Lipinski definition) is 5. The van der Waals surface area contributed by atoms with Gasteiger partial charge >= 0.3 is 0 Å². The van der Waals surface area contributed by atoms with E-state index in [1.54, 1.807) is 12.0 Å². The number of aromatic amines is 1. The van der Waals surface area contributed by atoms with Gasteiger partial charge in [0.2, 0.25) is 0 Å². The summed E-state index contributed by atoms with van der Waals surface area (Å²) in [6, 6.07) is 13.8. The Hall–Kier alpha value is -3.48. The van der Waals surface area contributed by atoms with Gasteiger partial charge < -0.3 is 24.6 Å². The second-order valence-corrected chi connectivity index (χ2v) is 7.44. The van der Waals surface area contributed by atoms with Crippen LogP contribution in [0.2, 0.25) is 0 Å². The molecule has 0 amide bonds. The fraction of sp³-hybridized carbons (Fsp3) is 0.273. The summed E-state index contributed by atoms with van der Waals surface area (Å²) in [7, 11) is 1.62. The van der Waals surface area contributed by atoms with Crippen molar-refractivity contribution in [3.8, 4) is 5.75 Å². The summed E-state index contributed by atoms with van der Waals surface area (Å²) in [6.07, 6.45) is 2.48. The van der Waals surface area contributed by atoms with Gasteiger partial charge in [0.05, 0.1) is 30.3 Å². The summed E-state index contributed by atoms with van der Waals surface area (Å²) in [5.74, 6) is 1.60. The first-order chi connectivity index (χ1) is 14.1. The second kappa shape index (κ2) is 6.84. The second-order valence-electron chi connectivity index (χ2n) is 7.44. The number of amidine groups is 1. The van der Waals surface area contributed by atoms with E-state index >= 15 is 0 Å². The summed E-state index contributed by atoms with van der Waals surface area (Å²) in [5, 5.41) is 19.3. The predicted molar refractivity (Wildman–Crippen MR) is 115 cm³/mol. The Morgan fingerprint density at radius 1 is 1.07 bits per heavy atom. The average Bonchev–Trinajstić information content (AvgIpc) is 3.46. The largest absolute Gasteiger partial charge is 0.509 e. The van der Waals surface area contributed by atoms with Crippen molar-refractivity contribution in [2.24, 2.45) is 0 Å². The number of anilines is 2. The van der Waals surface area contributed by atoms with E-state index in [-0.39, 0.29) is 18.1 Å². The maximum atomic E-state index is 10.6. The Morgan fingerprint density at radius 3 is 2.52 bits per heavy atom. The summed E-state index contributed by atoms with van der Waals surface area (Å²) in [6.45, 7) is 2.46.